The van der Waals surface area contributed by atoms with Crippen LogP contribution in [0.5, 0.6) is 5.75 Å². The minimum absolute atomic E-state index is 0.132. The number of amides is 2. The number of carbonyl (C=O) groups excluding carboxylic acids is 1. The van der Waals surface area contributed by atoms with Crippen LogP contribution in [0.15, 0.2) is 60.8 Å². The molecule has 2 amide bonds. The van der Waals surface area contributed by atoms with Crippen LogP contribution in [0.25, 0.3) is 5.00 Å². The zero-order valence-electron chi connectivity index (χ0n) is 22.5. The van der Waals surface area contributed by atoms with Gasteiger partial charge in [0, 0.05) is 36.4 Å². The van der Waals surface area contributed by atoms with Gasteiger partial charge in [-0.05, 0) is 85.7 Å². The molecule has 0 fully saturated rings. The van der Waals surface area contributed by atoms with Gasteiger partial charge < -0.3 is 24.4 Å². The molecule has 3 heterocycles. The Hall–Kier alpha value is -3.71. The molecule has 1 N–H and O–H groups in total. The first-order valence-corrected chi connectivity index (χ1v) is 14.1. The highest BCUT2D eigenvalue weighted by atomic mass is 32.1. The first-order valence-electron chi connectivity index (χ1n) is 13.2. The largest absolute Gasteiger partial charge is 0.495 e. The number of urea groups is 1. The molecule has 0 radical (unpaired) electrons. The summed E-state index contributed by atoms with van der Waals surface area (Å²) in [7, 11) is 5.72. The molecular formula is C31H34N4O2S. The molecule has 1 aliphatic heterocycles. The number of aryl methyl sites for hydroxylation is 2. The number of aromatic nitrogens is 1. The number of anilines is 2. The van der Waals surface area contributed by atoms with Crippen molar-refractivity contribution < 1.29 is 9.53 Å². The van der Waals surface area contributed by atoms with Crippen molar-refractivity contribution in [2.45, 2.75) is 45.2 Å². The van der Waals surface area contributed by atoms with E-state index in [9.17, 15) is 4.79 Å². The van der Waals surface area contributed by atoms with Crippen LogP contribution in [-0.4, -0.2) is 36.7 Å². The van der Waals surface area contributed by atoms with E-state index < -0.39 is 0 Å². The number of thiophene rings is 1. The summed E-state index contributed by atoms with van der Waals surface area (Å²) in [6, 6.07) is 18.3. The molecule has 6 nitrogen and oxygen atoms in total. The van der Waals surface area contributed by atoms with Crippen LogP contribution in [-0.2, 0) is 19.4 Å². The van der Waals surface area contributed by atoms with Gasteiger partial charge in [-0.1, -0.05) is 18.2 Å². The molecule has 0 saturated carbocycles. The van der Waals surface area contributed by atoms with E-state index in [1.807, 2.05) is 55.5 Å². The smallest absolute Gasteiger partial charge is 0.323 e. The van der Waals surface area contributed by atoms with Crippen LogP contribution in [0.2, 0.25) is 0 Å². The first-order chi connectivity index (χ1) is 18.4. The third-order valence-corrected chi connectivity index (χ3v) is 9.09. The van der Waals surface area contributed by atoms with Gasteiger partial charge in [0.15, 0.2) is 0 Å². The highest BCUT2D eigenvalue weighted by Gasteiger charge is 2.36. The summed E-state index contributed by atoms with van der Waals surface area (Å²) < 4.78 is 7.90. The maximum atomic E-state index is 14.2. The van der Waals surface area contributed by atoms with Crippen LogP contribution in [0, 0.1) is 6.92 Å². The molecule has 2 aromatic carbocycles. The zero-order chi connectivity index (χ0) is 26.4. The summed E-state index contributed by atoms with van der Waals surface area (Å²) in [6.07, 6.45) is 6.81. The fraction of sp³-hybridized carbons (Fsp3) is 0.323. The first kappa shape index (κ1) is 24.6. The standard InChI is InChI=1S/C31H34N4O2S/c1-20-11-16-27(37-4)25(18-20)32-31(36)35-19-24-23-8-5-6-10-28(23)38-30(24)34-17-7-9-26(34)29(35)21-12-14-22(15-13-21)33(2)3/h7,9,11-18,29H,5-6,8,10,19H2,1-4H3,(H,32,36)/t29-/m1/s1. The number of methoxy groups -OCH3 is 1. The Balaban J connectivity index is 1.49. The van der Waals surface area contributed by atoms with E-state index >= 15 is 0 Å². The molecule has 1 atom stereocenters. The molecule has 38 heavy (non-hydrogen) atoms. The van der Waals surface area contributed by atoms with Crippen molar-refractivity contribution in [3.8, 4) is 10.8 Å². The van der Waals surface area contributed by atoms with Crippen molar-refractivity contribution in [3.63, 3.8) is 0 Å². The quantitative estimate of drug-likeness (QED) is 0.313. The summed E-state index contributed by atoms with van der Waals surface area (Å²) in [5, 5.41) is 4.46. The lowest BCUT2D eigenvalue weighted by molar-refractivity contribution is 0.194. The van der Waals surface area contributed by atoms with Crippen molar-refractivity contribution >= 4 is 28.7 Å². The maximum absolute atomic E-state index is 14.2. The molecular weight excluding hydrogens is 492 g/mol. The molecule has 0 spiro atoms. The van der Waals surface area contributed by atoms with Gasteiger partial charge in [0.05, 0.1) is 31.1 Å². The third-order valence-electron chi connectivity index (χ3n) is 7.76. The summed E-state index contributed by atoms with van der Waals surface area (Å²) in [5.74, 6) is 0.655. The number of benzene rings is 2. The van der Waals surface area contributed by atoms with E-state index in [0.29, 0.717) is 18.0 Å². The van der Waals surface area contributed by atoms with Gasteiger partial charge in [-0.15, -0.1) is 11.3 Å². The van der Waals surface area contributed by atoms with E-state index in [2.05, 4.69) is 57.4 Å². The van der Waals surface area contributed by atoms with Crippen LogP contribution in [0.4, 0.5) is 16.2 Å². The number of nitrogens with zero attached hydrogens (tertiary/aromatic N) is 3. The normalized spacial score (nSPS) is 16.2. The SMILES string of the molecule is COc1ccc(C)cc1NC(=O)N1Cc2c(sc3c2CCCC3)-n2cccc2[C@H]1c1ccc(N(C)C)cc1. The van der Waals surface area contributed by atoms with Gasteiger partial charge in [-0.3, -0.25) is 0 Å². The summed E-state index contributed by atoms with van der Waals surface area (Å²) in [4.78, 5) is 19.8. The topological polar surface area (TPSA) is 49.7 Å². The molecule has 7 heteroatoms. The minimum Gasteiger partial charge on any atom is -0.495 e. The molecule has 0 unspecified atom stereocenters. The van der Waals surface area contributed by atoms with Crippen LogP contribution in [0.3, 0.4) is 0 Å². The third kappa shape index (κ3) is 4.25. The highest BCUT2D eigenvalue weighted by molar-refractivity contribution is 7.15. The number of nitrogens with one attached hydrogen (secondary N) is 1. The van der Waals surface area contributed by atoms with Gasteiger partial charge in [-0.25, -0.2) is 4.79 Å². The lowest BCUT2D eigenvalue weighted by atomic mass is 9.95. The van der Waals surface area contributed by atoms with Crippen molar-refractivity contribution in [1.29, 1.82) is 0 Å². The molecule has 1 aliphatic carbocycles. The second-order valence-corrected chi connectivity index (χ2v) is 11.5. The second-order valence-electron chi connectivity index (χ2n) is 10.4. The van der Waals surface area contributed by atoms with E-state index in [0.717, 1.165) is 35.3 Å². The number of hydrogen-bond acceptors (Lipinski definition) is 4. The lowest BCUT2D eigenvalue weighted by Crippen LogP contribution is -2.38. The Labute approximate surface area is 228 Å². The summed E-state index contributed by atoms with van der Waals surface area (Å²) in [5.41, 5.74) is 7.82. The molecule has 196 valence electrons. The van der Waals surface area contributed by atoms with Gasteiger partial charge in [0.25, 0.3) is 0 Å². The molecule has 2 aliphatic rings. The second kappa shape index (κ2) is 9.87. The Morgan fingerprint density at radius 1 is 1.05 bits per heavy atom. The predicted molar refractivity (Wildman–Crippen MR) is 155 cm³/mol. The number of rotatable bonds is 4. The summed E-state index contributed by atoms with van der Waals surface area (Å²) >= 11 is 1.91. The number of fused-ring (bicyclic) bond motifs is 5. The zero-order valence-corrected chi connectivity index (χ0v) is 23.3. The average molecular weight is 527 g/mol. The van der Waals surface area contributed by atoms with Crippen molar-refractivity contribution in [3.05, 3.63) is 93.6 Å². The van der Waals surface area contributed by atoms with E-state index in [-0.39, 0.29) is 12.1 Å². The average Bonchev–Trinajstić information content (AvgIpc) is 3.51. The Bertz CT molecular complexity index is 1480. The minimum atomic E-state index is -0.240. The Morgan fingerprint density at radius 3 is 2.61 bits per heavy atom. The van der Waals surface area contributed by atoms with E-state index in [4.69, 9.17) is 4.74 Å². The van der Waals surface area contributed by atoms with E-state index in [1.54, 1.807) is 7.11 Å². The molecule has 0 bridgehead atoms. The Kier molecular flexibility index (Phi) is 6.40. The molecule has 2 aromatic heterocycles. The fourth-order valence-electron chi connectivity index (χ4n) is 5.80. The predicted octanol–water partition coefficient (Wildman–Crippen LogP) is 6.94. The monoisotopic (exact) mass is 526 g/mol. The highest BCUT2D eigenvalue weighted by Crippen LogP contribution is 2.44. The molecule has 4 aromatic rings. The van der Waals surface area contributed by atoms with Gasteiger partial charge in [-0.2, -0.15) is 0 Å². The fourth-order valence-corrected chi connectivity index (χ4v) is 7.20. The van der Waals surface area contributed by atoms with Gasteiger partial charge in [0.2, 0.25) is 0 Å². The lowest BCUT2D eigenvalue weighted by Gasteiger charge is -2.32. The van der Waals surface area contributed by atoms with Gasteiger partial charge >= 0.3 is 6.03 Å². The van der Waals surface area contributed by atoms with Gasteiger partial charge in [0.1, 0.15) is 10.8 Å². The number of ether oxygens (including phenoxy) is 1. The maximum Gasteiger partial charge on any atom is 0.323 e. The van der Waals surface area contributed by atoms with Crippen molar-refractivity contribution in [1.82, 2.24) is 9.47 Å². The summed E-state index contributed by atoms with van der Waals surface area (Å²) in [6.45, 7) is 2.58. The Morgan fingerprint density at radius 2 is 1.84 bits per heavy atom. The number of carbonyl (C=O) groups is 1. The van der Waals surface area contributed by atoms with Crippen molar-refractivity contribution in [2.75, 3.05) is 31.4 Å². The number of hydrogen-bond donors (Lipinski definition) is 1. The molecule has 0 saturated heterocycles. The van der Waals surface area contributed by atoms with Crippen molar-refractivity contribution in [2.24, 2.45) is 0 Å². The van der Waals surface area contributed by atoms with Crippen LogP contribution < -0.4 is 15.0 Å². The van der Waals surface area contributed by atoms with Crippen LogP contribution >= 0.6 is 11.3 Å². The van der Waals surface area contributed by atoms with Crippen LogP contribution in [0.1, 0.15) is 51.7 Å². The molecule has 6 rings (SSSR count). The van der Waals surface area contributed by atoms with E-state index in [1.165, 1.54) is 33.8 Å².